The zero-order chi connectivity index (χ0) is 13.4. The smallest absolute Gasteiger partial charge is 0.237 e. The molecule has 4 N–H and O–H groups in total. The van der Waals surface area contributed by atoms with E-state index in [4.69, 9.17) is 10.5 Å². The first-order chi connectivity index (χ1) is 8.65. The molecule has 1 aromatic rings. The number of carbonyl (C=O) groups excluding carboxylic acids is 1. The molecule has 100 valence electrons. The van der Waals surface area contributed by atoms with Crippen LogP contribution in [-0.4, -0.2) is 30.8 Å². The molecule has 18 heavy (non-hydrogen) atoms. The van der Waals surface area contributed by atoms with E-state index < -0.39 is 6.04 Å². The van der Waals surface area contributed by atoms with Gasteiger partial charge in [-0.1, -0.05) is 18.2 Å². The summed E-state index contributed by atoms with van der Waals surface area (Å²) < 4.78 is 4.90. The van der Waals surface area contributed by atoms with Crippen LogP contribution in [0.3, 0.4) is 0 Å². The normalized spacial score (nSPS) is 12.1. The van der Waals surface area contributed by atoms with Crippen LogP contribution < -0.4 is 11.1 Å². The van der Waals surface area contributed by atoms with Gasteiger partial charge in [0.15, 0.2) is 0 Å². The van der Waals surface area contributed by atoms with Gasteiger partial charge in [-0.2, -0.15) is 0 Å². The summed E-state index contributed by atoms with van der Waals surface area (Å²) in [7, 11) is 1.61. The summed E-state index contributed by atoms with van der Waals surface area (Å²) in [6, 6.07) is 6.34. The van der Waals surface area contributed by atoms with Gasteiger partial charge in [-0.15, -0.1) is 0 Å². The van der Waals surface area contributed by atoms with Crippen molar-refractivity contribution in [1.29, 1.82) is 0 Å². The molecule has 1 aromatic carbocycles. The minimum atomic E-state index is -0.536. The number of amides is 1. The second kappa shape index (κ2) is 7.68. The highest BCUT2D eigenvalue weighted by Crippen LogP contribution is 2.14. The van der Waals surface area contributed by atoms with Crippen molar-refractivity contribution in [3.63, 3.8) is 0 Å². The lowest BCUT2D eigenvalue weighted by molar-refractivity contribution is -0.122. The largest absolute Gasteiger partial charge is 0.508 e. The third kappa shape index (κ3) is 4.73. The summed E-state index contributed by atoms with van der Waals surface area (Å²) in [5.41, 5.74) is 6.41. The molecule has 0 aliphatic rings. The quantitative estimate of drug-likeness (QED) is 0.626. The second-order valence-corrected chi connectivity index (χ2v) is 4.09. The fourth-order valence-electron chi connectivity index (χ4n) is 1.55. The van der Waals surface area contributed by atoms with Gasteiger partial charge in [0.1, 0.15) is 5.75 Å². The molecule has 0 spiro atoms. The van der Waals surface area contributed by atoms with E-state index in [1.54, 1.807) is 31.4 Å². The number of nitrogens with one attached hydrogen (secondary N) is 1. The number of methoxy groups -OCH3 is 1. The summed E-state index contributed by atoms with van der Waals surface area (Å²) in [5, 5.41) is 12.2. The first-order valence-electron chi connectivity index (χ1n) is 5.94. The van der Waals surface area contributed by atoms with Crippen LogP contribution >= 0.6 is 0 Å². The van der Waals surface area contributed by atoms with Crippen molar-refractivity contribution in [2.24, 2.45) is 5.73 Å². The van der Waals surface area contributed by atoms with Crippen LogP contribution in [0.15, 0.2) is 24.3 Å². The van der Waals surface area contributed by atoms with Crippen LogP contribution in [-0.2, 0) is 16.1 Å². The Morgan fingerprint density at radius 3 is 2.89 bits per heavy atom. The van der Waals surface area contributed by atoms with Crippen LogP contribution in [0.25, 0.3) is 0 Å². The number of benzene rings is 1. The number of ether oxygens (including phenoxy) is 1. The zero-order valence-electron chi connectivity index (χ0n) is 10.6. The molecule has 1 amide bonds. The van der Waals surface area contributed by atoms with Gasteiger partial charge in [0, 0.05) is 25.8 Å². The molecule has 1 atom stereocenters. The summed E-state index contributed by atoms with van der Waals surface area (Å²) in [5.74, 6) is -0.0416. The molecule has 0 fully saturated rings. The van der Waals surface area contributed by atoms with E-state index in [-0.39, 0.29) is 18.2 Å². The van der Waals surface area contributed by atoms with Crippen LogP contribution in [0.2, 0.25) is 0 Å². The minimum Gasteiger partial charge on any atom is -0.508 e. The number of rotatable bonds is 7. The van der Waals surface area contributed by atoms with Crippen molar-refractivity contribution in [2.45, 2.75) is 25.4 Å². The van der Waals surface area contributed by atoms with Gasteiger partial charge in [0.05, 0.1) is 6.04 Å². The Balaban J connectivity index is 2.34. The lowest BCUT2D eigenvalue weighted by Crippen LogP contribution is -2.40. The van der Waals surface area contributed by atoms with E-state index in [1.807, 2.05) is 0 Å². The van der Waals surface area contributed by atoms with Gasteiger partial charge in [0.2, 0.25) is 5.91 Å². The predicted octanol–water partition coefficient (Wildman–Crippen LogP) is 0.762. The van der Waals surface area contributed by atoms with Crippen molar-refractivity contribution < 1.29 is 14.6 Å². The third-order valence-electron chi connectivity index (χ3n) is 2.65. The summed E-state index contributed by atoms with van der Waals surface area (Å²) in [6.45, 7) is 0.879. The van der Waals surface area contributed by atoms with E-state index in [0.29, 0.717) is 18.6 Å². The third-order valence-corrected chi connectivity index (χ3v) is 2.65. The highest BCUT2D eigenvalue weighted by molar-refractivity contribution is 5.81. The molecule has 5 heteroatoms. The van der Waals surface area contributed by atoms with Gasteiger partial charge < -0.3 is 20.9 Å². The Bertz CT molecular complexity index is 382. The number of aromatic hydroxyl groups is 1. The molecule has 0 aliphatic carbocycles. The van der Waals surface area contributed by atoms with E-state index in [0.717, 1.165) is 6.42 Å². The molecule has 0 heterocycles. The summed E-state index contributed by atoms with van der Waals surface area (Å²) >= 11 is 0. The van der Waals surface area contributed by atoms with Crippen LogP contribution in [0.1, 0.15) is 18.4 Å². The fraction of sp³-hybridized carbons (Fsp3) is 0.462. The predicted molar refractivity (Wildman–Crippen MR) is 69.0 cm³/mol. The van der Waals surface area contributed by atoms with Gasteiger partial charge in [0.25, 0.3) is 0 Å². The maximum absolute atomic E-state index is 11.7. The van der Waals surface area contributed by atoms with E-state index in [1.165, 1.54) is 0 Å². The molecule has 1 rings (SSSR count). The van der Waals surface area contributed by atoms with Gasteiger partial charge in [-0.25, -0.2) is 0 Å². The van der Waals surface area contributed by atoms with Gasteiger partial charge >= 0.3 is 0 Å². The highest BCUT2D eigenvalue weighted by Gasteiger charge is 2.12. The number of carbonyl (C=O) groups is 1. The Morgan fingerprint density at radius 2 is 2.22 bits per heavy atom. The Hall–Kier alpha value is -1.59. The topological polar surface area (TPSA) is 84.6 Å². The zero-order valence-corrected chi connectivity index (χ0v) is 10.6. The monoisotopic (exact) mass is 252 g/mol. The number of para-hydroxylation sites is 1. The van der Waals surface area contributed by atoms with Crippen molar-refractivity contribution in [2.75, 3.05) is 13.7 Å². The Labute approximate surface area is 107 Å². The first kappa shape index (κ1) is 14.5. The SMILES string of the molecule is COCCCC(N)C(=O)NCc1ccccc1O. The van der Waals surface area contributed by atoms with Crippen molar-refractivity contribution in [1.82, 2.24) is 5.32 Å². The highest BCUT2D eigenvalue weighted by atomic mass is 16.5. The molecular formula is C13H20N2O3. The maximum atomic E-state index is 11.7. The molecular weight excluding hydrogens is 232 g/mol. The molecule has 0 saturated heterocycles. The standard InChI is InChI=1S/C13H20N2O3/c1-18-8-4-6-11(14)13(17)15-9-10-5-2-3-7-12(10)16/h2-3,5,7,11,16H,4,6,8-9,14H2,1H3,(H,15,17). The van der Waals surface area contributed by atoms with E-state index in [2.05, 4.69) is 5.32 Å². The van der Waals surface area contributed by atoms with Crippen LogP contribution in [0.4, 0.5) is 0 Å². The van der Waals surface area contributed by atoms with E-state index in [9.17, 15) is 9.90 Å². The molecule has 1 unspecified atom stereocenters. The Kier molecular flexibility index (Phi) is 6.18. The number of nitrogens with two attached hydrogens (primary N) is 1. The van der Waals surface area contributed by atoms with Crippen molar-refractivity contribution in [3.8, 4) is 5.75 Å². The van der Waals surface area contributed by atoms with Gasteiger partial charge in [-0.05, 0) is 18.9 Å². The molecule has 0 aromatic heterocycles. The van der Waals surface area contributed by atoms with Gasteiger partial charge in [-0.3, -0.25) is 4.79 Å². The number of hydrogen-bond donors (Lipinski definition) is 3. The maximum Gasteiger partial charge on any atom is 0.237 e. The molecule has 0 aliphatic heterocycles. The average molecular weight is 252 g/mol. The lowest BCUT2D eigenvalue weighted by atomic mass is 10.1. The second-order valence-electron chi connectivity index (χ2n) is 4.09. The van der Waals surface area contributed by atoms with Crippen molar-refractivity contribution in [3.05, 3.63) is 29.8 Å². The number of phenols is 1. The minimum absolute atomic E-state index is 0.172. The Morgan fingerprint density at radius 1 is 1.50 bits per heavy atom. The first-order valence-corrected chi connectivity index (χ1v) is 5.94. The van der Waals surface area contributed by atoms with Crippen LogP contribution in [0.5, 0.6) is 5.75 Å². The molecule has 0 radical (unpaired) electrons. The number of phenolic OH excluding ortho intramolecular Hbond substituents is 1. The molecule has 0 bridgehead atoms. The summed E-state index contributed by atoms with van der Waals surface area (Å²) in [4.78, 5) is 11.7. The van der Waals surface area contributed by atoms with E-state index >= 15 is 0 Å². The lowest BCUT2D eigenvalue weighted by Gasteiger charge is -2.12. The summed E-state index contributed by atoms with van der Waals surface area (Å²) in [6.07, 6.45) is 1.34. The van der Waals surface area contributed by atoms with Crippen molar-refractivity contribution >= 4 is 5.91 Å². The fourth-order valence-corrected chi connectivity index (χ4v) is 1.55. The molecule has 0 saturated carbocycles. The van der Waals surface area contributed by atoms with Crippen LogP contribution in [0, 0.1) is 0 Å². The average Bonchev–Trinajstić information content (AvgIpc) is 2.37. The number of hydrogen-bond acceptors (Lipinski definition) is 4. The molecule has 5 nitrogen and oxygen atoms in total.